The van der Waals surface area contributed by atoms with Gasteiger partial charge in [0.2, 0.25) is 5.91 Å². The molecule has 3 aromatic carbocycles. The number of ether oxygens (including phenoxy) is 1. The predicted molar refractivity (Wildman–Crippen MR) is 179 cm³/mol. The van der Waals surface area contributed by atoms with Crippen molar-refractivity contribution in [1.82, 2.24) is 10.2 Å². The van der Waals surface area contributed by atoms with E-state index < -0.39 is 35.6 Å². The minimum Gasteiger partial charge on any atom is -0.508 e. The molecule has 0 bridgehead atoms. The first-order valence-electron chi connectivity index (χ1n) is 15.9. The monoisotopic (exact) mass is 615 g/mol. The van der Waals surface area contributed by atoms with Crippen molar-refractivity contribution in [3.05, 3.63) is 95.1 Å². The highest BCUT2D eigenvalue weighted by atomic mass is 16.6. The minimum absolute atomic E-state index is 0.0948. The van der Waals surface area contributed by atoms with Crippen LogP contribution in [0.2, 0.25) is 0 Å². The van der Waals surface area contributed by atoms with Gasteiger partial charge in [0.05, 0.1) is 0 Å². The van der Waals surface area contributed by atoms with Gasteiger partial charge in [-0.1, -0.05) is 99.3 Å². The fourth-order valence-corrected chi connectivity index (χ4v) is 5.32. The van der Waals surface area contributed by atoms with Crippen molar-refractivity contribution in [2.45, 2.75) is 97.8 Å². The van der Waals surface area contributed by atoms with Gasteiger partial charge >= 0.3 is 6.09 Å². The Kier molecular flexibility index (Phi) is 13.0. The lowest BCUT2D eigenvalue weighted by molar-refractivity contribution is -0.141. The minimum atomic E-state index is -1.16. The number of nitrogens with one attached hydrogen (secondary N) is 2. The van der Waals surface area contributed by atoms with E-state index in [4.69, 9.17) is 4.74 Å². The number of aromatic hydroxyl groups is 1. The first kappa shape index (κ1) is 35.2. The molecule has 3 N–H and O–H groups in total. The number of phenolic OH excluding ortho intramolecular Hbond substituents is 1. The van der Waals surface area contributed by atoms with E-state index in [1.54, 1.807) is 39.0 Å². The molecular weight excluding hydrogens is 566 g/mol. The SMILES string of the molecule is CCCCCCCN(C(=O)C(Cc1ccccc1)NC(=O)OC(C)(C)C)C(C(=O)Nc1c(C)cccc1C)c1ccccc1O. The van der Waals surface area contributed by atoms with Gasteiger partial charge in [-0.3, -0.25) is 9.59 Å². The van der Waals surface area contributed by atoms with Crippen molar-refractivity contribution < 1.29 is 24.2 Å². The largest absolute Gasteiger partial charge is 0.508 e. The standard InChI is InChI=1S/C37H49N3O5/c1-7-8-9-10-16-24-40(35(43)30(25-28-20-12-11-13-21-28)38-36(44)45-37(4,5)6)33(29-22-14-15-23-31(29)41)34(42)39-32-26(2)18-17-19-27(32)3/h11-15,17-23,30,33,41H,7-10,16,24-25H2,1-6H3,(H,38,44)(H,39,42). The molecule has 0 radical (unpaired) electrons. The molecule has 2 unspecified atom stereocenters. The third-order valence-corrected chi connectivity index (χ3v) is 7.58. The average Bonchev–Trinajstić information content (AvgIpc) is 2.98. The summed E-state index contributed by atoms with van der Waals surface area (Å²) < 4.78 is 5.54. The number of alkyl carbamates (subject to hydrolysis) is 1. The van der Waals surface area contributed by atoms with Gasteiger partial charge in [0, 0.05) is 24.2 Å². The van der Waals surface area contributed by atoms with E-state index in [0.29, 0.717) is 17.7 Å². The Labute approximate surface area is 268 Å². The highest BCUT2D eigenvalue weighted by Crippen LogP contribution is 2.32. The van der Waals surface area contributed by atoms with Crippen LogP contribution in [0.4, 0.5) is 10.5 Å². The Balaban J connectivity index is 2.09. The van der Waals surface area contributed by atoms with Crippen molar-refractivity contribution in [1.29, 1.82) is 0 Å². The van der Waals surface area contributed by atoms with Gasteiger partial charge in [0.1, 0.15) is 23.4 Å². The number of carbonyl (C=O) groups is 3. The molecule has 0 aliphatic heterocycles. The zero-order valence-electron chi connectivity index (χ0n) is 27.6. The number of hydrogen-bond acceptors (Lipinski definition) is 5. The van der Waals surface area contributed by atoms with Crippen LogP contribution in [0, 0.1) is 13.8 Å². The summed E-state index contributed by atoms with van der Waals surface area (Å²) in [6, 6.07) is 19.6. The van der Waals surface area contributed by atoms with E-state index >= 15 is 0 Å². The number of phenols is 1. The highest BCUT2D eigenvalue weighted by Gasteiger charge is 2.37. The maximum atomic E-state index is 14.7. The van der Waals surface area contributed by atoms with Gasteiger partial charge in [-0.15, -0.1) is 0 Å². The van der Waals surface area contributed by atoms with Crippen LogP contribution in [-0.4, -0.2) is 46.1 Å². The summed E-state index contributed by atoms with van der Waals surface area (Å²) in [6.07, 6.45) is 4.12. The van der Waals surface area contributed by atoms with Crippen LogP contribution in [0.5, 0.6) is 5.75 Å². The second-order valence-electron chi connectivity index (χ2n) is 12.6. The second-order valence-corrected chi connectivity index (χ2v) is 12.6. The maximum absolute atomic E-state index is 14.7. The normalized spacial score (nSPS) is 12.6. The van der Waals surface area contributed by atoms with E-state index in [1.807, 2.05) is 62.4 Å². The topological polar surface area (TPSA) is 108 Å². The van der Waals surface area contributed by atoms with Crippen LogP contribution in [0.15, 0.2) is 72.8 Å². The Morgan fingerprint density at radius 2 is 1.47 bits per heavy atom. The second kappa shape index (κ2) is 16.7. The lowest BCUT2D eigenvalue weighted by atomic mass is 9.98. The third kappa shape index (κ3) is 10.7. The molecule has 0 aliphatic rings. The van der Waals surface area contributed by atoms with Gasteiger partial charge in [-0.25, -0.2) is 4.79 Å². The molecule has 0 aliphatic carbocycles. The summed E-state index contributed by atoms with van der Waals surface area (Å²) in [7, 11) is 0. The first-order valence-corrected chi connectivity index (χ1v) is 15.9. The van der Waals surface area contributed by atoms with Gasteiger partial charge in [-0.05, 0) is 63.8 Å². The van der Waals surface area contributed by atoms with Gasteiger partial charge in [0.15, 0.2) is 0 Å². The predicted octanol–water partition coefficient (Wildman–Crippen LogP) is 7.62. The molecule has 0 saturated carbocycles. The number of anilines is 1. The Morgan fingerprint density at radius 1 is 0.844 bits per heavy atom. The Bertz CT molecular complexity index is 1400. The molecule has 0 fully saturated rings. The molecule has 3 rings (SSSR count). The molecular formula is C37H49N3O5. The van der Waals surface area contributed by atoms with E-state index in [1.165, 1.54) is 11.0 Å². The zero-order chi connectivity index (χ0) is 33.0. The molecule has 0 spiro atoms. The molecule has 3 aromatic rings. The van der Waals surface area contributed by atoms with Crippen molar-refractivity contribution >= 4 is 23.6 Å². The molecule has 2 atom stereocenters. The van der Waals surface area contributed by atoms with Crippen LogP contribution >= 0.6 is 0 Å². The van der Waals surface area contributed by atoms with Crippen LogP contribution < -0.4 is 10.6 Å². The molecule has 0 aromatic heterocycles. The summed E-state index contributed by atoms with van der Waals surface area (Å²) in [5.74, 6) is -0.987. The van der Waals surface area contributed by atoms with Crippen LogP contribution in [0.25, 0.3) is 0 Å². The van der Waals surface area contributed by atoms with Gasteiger partial charge in [0.25, 0.3) is 5.91 Å². The van der Waals surface area contributed by atoms with Crippen molar-refractivity contribution in [3.63, 3.8) is 0 Å². The van der Waals surface area contributed by atoms with Crippen LogP contribution in [0.3, 0.4) is 0 Å². The fraction of sp³-hybridized carbons (Fsp3) is 0.432. The van der Waals surface area contributed by atoms with Crippen molar-refractivity contribution in [3.8, 4) is 5.75 Å². The smallest absolute Gasteiger partial charge is 0.408 e. The Morgan fingerprint density at radius 3 is 2.09 bits per heavy atom. The zero-order valence-corrected chi connectivity index (χ0v) is 27.6. The molecule has 0 saturated heterocycles. The van der Waals surface area contributed by atoms with Crippen LogP contribution in [-0.2, 0) is 20.7 Å². The first-order chi connectivity index (χ1) is 21.4. The number of rotatable bonds is 14. The van der Waals surface area contributed by atoms with Gasteiger partial charge in [-0.2, -0.15) is 0 Å². The quantitative estimate of drug-likeness (QED) is 0.162. The number of para-hydroxylation sites is 2. The number of benzene rings is 3. The van der Waals surface area contributed by atoms with E-state index in [0.717, 1.165) is 42.4 Å². The third-order valence-electron chi connectivity index (χ3n) is 7.58. The average molecular weight is 616 g/mol. The molecule has 3 amide bonds. The number of hydrogen-bond donors (Lipinski definition) is 3. The number of nitrogens with zero attached hydrogens (tertiary/aromatic N) is 1. The van der Waals surface area contributed by atoms with Crippen LogP contribution in [0.1, 0.15) is 88.1 Å². The molecule has 8 heteroatoms. The highest BCUT2D eigenvalue weighted by molar-refractivity contribution is 6.00. The molecule has 45 heavy (non-hydrogen) atoms. The van der Waals surface area contributed by atoms with Gasteiger partial charge < -0.3 is 25.4 Å². The Hall–Kier alpha value is -4.33. The van der Waals surface area contributed by atoms with E-state index in [2.05, 4.69) is 17.6 Å². The lowest BCUT2D eigenvalue weighted by Gasteiger charge is -2.35. The molecule has 8 nitrogen and oxygen atoms in total. The summed E-state index contributed by atoms with van der Waals surface area (Å²) >= 11 is 0. The number of amides is 3. The van der Waals surface area contributed by atoms with E-state index in [9.17, 15) is 19.5 Å². The number of aryl methyl sites for hydroxylation is 2. The molecule has 242 valence electrons. The summed E-state index contributed by atoms with van der Waals surface area (Å²) in [5.41, 5.74) is 2.79. The summed E-state index contributed by atoms with van der Waals surface area (Å²) in [6.45, 7) is 11.5. The van der Waals surface area contributed by atoms with Crippen molar-refractivity contribution in [2.75, 3.05) is 11.9 Å². The number of unbranched alkanes of at least 4 members (excludes halogenated alkanes) is 4. The maximum Gasteiger partial charge on any atom is 0.408 e. The number of carbonyl (C=O) groups excluding carboxylic acids is 3. The molecule has 0 heterocycles. The fourth-order valence-electron chi connectivity index (χ4n) is 5.32. The van der Waals surface area contributed by atoms with E-state index in [-0.39, 0.29) is 18.7 Å². The lowest BCUT2D eigenvalue weighted by Crippen LogP contribution is -2.53. The van der Waals surface area contributed by atoms with Crippen molar-refractivity contribution in [2.24, 2.45) is 0 Å². The summed E-state index contributed by atoms with van der Waals surface area (Å²) in [4.78, 5) is 43.5. The summed E-state index contributed by atoms with van der Waals surface area (Å²) in [5, 5.41) is 16.9.